The molecule has 1 saturated heterocycles. The highest BCUT2D eigenvalue weighted by atomic mass is 16.5. The molecule has 168 valence electrons. The quantitative estimate of drug-likeness (QED) is 0.601. The molecule has 8 nitrogen and oxygen atoms in total. The smallest absolute Gasteiger partial charge is 0.324 e. The van der Waals surface area contributed by atoms with Gasteiger partial charge in [-0.25, -0.2) is 9.48 Å². The van der Waals surface area contributed by atoms with Crippen LogP contribution in [0.2, 0.25) is 0 Å². The predicted octanol–water partition coefficient (Wildman–Crippen LogP) is 3.75. The molecule has 8 heteroatoms. The molecule has 2 heterocycles. The van der Waals surface area contributed by atoms with Crippen molar-refractivity contribution in [1.82, 2.24) is 14.7 Å². The monoisotopic (exact) mass is 443 g/mol. The maximum atomic E-state index is 12.5. The van der Waals surface area contributed by atoms with Crippen molar-refractivity contribution >= 4 is 23.4 Å². The number of urea groups is 1. The third-order valence-corrected chi connectivity index (χ3v) is 5.45. The number of para-hydroxylation sites is 2. The van der Waals surface area contributed by atoms with Crippen LogP contribution in [0, 0.1) is 11.8 Å². The minimum absolute atomic E-state index is 0.0766. The zero-order chi connectivity index (χ0) is 23.0. The number of piperidine rings is 1. The maximum Gasteiger partial charge on any atom is 0.324 e. The Morgan fingerprint density at radius 2 is 1.73 bits per heavy atom. The molecule has 4 rings (SSSR count). The van der Waals surface area contributed by atoms with Crippen LogP contribution < -0.4 is 15.4 Å². The van der Waals surface area contributed by atoms with E-state index in [0.29, 0.717) is 30.3 Å². The fourth-order valence-electron chi connectivity index (χ4n) is 3.76. The van der Waals surface area contributed by atoms with Gasteiger partial charge in [0.05, 0.1) is 25.0 Å². The van der Waals surface area contributed by atoms with Gasteiger partial charge in [0.2, 0.25) is 0 Å². The lowest BCUT2D eigenvalue weighted by atomic mass is 10.1. The molecule has 1 aromatic heterocycles. The summed E-state index contributed by atoms with van der Waals surface area (Å²) < 4.78 is 7.08. The van der Waals surface area contributed by atoms with Crippen molar-refractivity contribution in [3.05, 3.63) is 72.4 Å². The van der Waals surface area contributed by atoms with Gasteiger partial charge in [0.25, 0.3) is 5.91 Å². The van der Waals surface area contributed by atoms with E-state index >= 15 is 0 Å². The van der Waals surface area contributed by atoms with Crippen LogP contribution in [0.4, 0.5) is 16.3 Å². The number of amides is 3. The standard InChI is InChI=1S/C25H25N5O3/c1-33-22-10-6-5-9-21(22)27-25(32)28-23-13-16-26-30(23)20-14-17-29(18-15-20)24(31)12-11-19-7-3-2-4-8-19/h2-10,13,16,20H,14-15,17-18H2,1H3,(H2,27,28,32). The Morgan fingerprint density at radius 3 is 2.48 bits per heavy atom. The number of ether oxygens (including phenoxy) is 1. The first-order valence-electron chi connectivity index (χ1n) is 10.7. The second-order valence-corrected chi connectivity index (χ2v) is 7.58. The number of hydrogen-bond acceptors (Lipinski definition) is 4. The minimum Gasteiger partial charge on any atom is -0.495 e. The summed E-state index contributed by atoms with van der Waals surface area (Å²) in [5.74, 6) is 6.64. The van der Waals surface area contributed by atoms with Crippen LogP contribution in [0.5, 0.6) is 5.75 Å². The molecule has 1 aliphatic heterocycles. The predicted molar refractivity (Wildman–Crippen MR) is 126 cm³/mol. The van der Waals surface area contributed by atoms with Crippen LogP contribution in [0.25, 0.3) is 0 Å². The number of carbonyl (C=O) groups excluding carboxylic acids is 2. The molecule has 3 aromatic rings. The zero-order valence-electron chi connectivity index (χ0n) is 18.3. The summed E-state index contributed by atoms with van der Waals surface area (Å²) in [6, 6.07) is 18.1. The molecule has 1 fully saturated rings. The van der Waals surface area contributed by atoms with Crippen molar-refractivity contribution in [3.63, 3.8) is 0 Å². The normalized spacial score (nSPS) is 13.5. The first-order valence-corrected chi connectivity index (χ1v) is 10.7. The van der Waals surface area contributed by atoms with Crippen LogP contribution in [-0.4, -0.2) is 46.8 Å². The van der Waals surface area contributed by atoms with E-state index in [4.69, 9.17) is 4.74 Å². The van der Waals surface area contributed by atoms with Gasteiger partial charge in [0.15, 0.2) is 0 Å². The van der Waals surface area contributed by atoms with Gasteiger partial charge in [0, 0.05) is 30.6 Å². The fourth-order valence-corrected chi connectivity index (χ4v) is 3.76. The summed E-state index contributed by atoms with van der Waals surface area (Å²) in [7, 11) is 1.55. The van der Waals surface area contributed by atoms with Crippen molar-refractivity contribution in [3.8, 4) is 17.6 Å². The Bertz CT molecular complexity index is 1170. The van der Waals surface area contributed by atoms with E-state index in [1.807, 2.05) is 42.5 Å². The van der Waals surface area contributed by atoms with Crippen molar-refractivity contribution in [1.29, 1.82) is 0 Å². The summed E-state index contributed by atoms with van der Waals surface area (Å²) >= 11 is 0. The van der Waals surface area contributed by atoms with Crippen LogP contribution in [0.3, 0.4) is 0 Å². The van der Waals surface area contributed by atoms with Crippen molar-refractivity contribution < 1.29 is 14.3 Å². The molecule has 2 aromatic carbocycles. The number of aromatic nitrogens is 2. The van der Waals surface area contributed by atoms with Crippen LogP contribution in [0.1, 0.15) is 24.4 Å². The van der Waals surface area contributed by atoms with E-state index in [0.717, 1.165) is 18.4 Å². The average Bonchev–Trinajstić information content (AvgIpc) is 3.31. The molecule has 1 aliphatic rings. The molecule has 3 amide bonds. The highest BCUT2D eigenvalue weighted by molar-refractivity contribution is 6.00. The second kappa shape index (κ2) is 10.4. The van der Waals surface area contributed by atoms with Gasteiger partial charge in [-0.05, 0) is 37.1 Å². The average molecular weight is 444 g/mol. The molecule has 0 bridgehead atoms. The number of nitrogens with zero attached hydrogens (tertiary/aromatic N) is 3. The SMILES string of the molecule is COc1ccccc1NC(=O)Nc1ccnn1C1CCN(C(=O)C#Cc2ccccc2)CC1. The van der Waals surface area contributed by atoms with E-state index in [1.165, 1.54) is 0 Å². The third-order valence-electron chi connectivity index (χ3n) is 5.45. The molecule has 33 heavy (non-hydrogen) atoms. The summed E-state index contributed by atoms with van der Waals surface area (Å²) in [4.78, 5) is 26.7. The number of nitrogens with one attached hydrogen (secondary N) is 2. The molecule has 2 N–H and O–H groups in total. The van der Waals surface area contributed by atoms with E-state index < -0.39 is 0 Å². The van der Waals surface area contributed by atoms with Gasteiger partial charge >= 0.3 is 6.03 Å². The lowest BCUT2D eigenvalue weighted by Gasteiger charge is -2.31. The zero-order valence-corrected chi connectivity index (χ0v) is 18.3. The number of benzene rings is 2. The molecule has 0 spiro atoms. The van der Waals surface area contributed by atoms with Gasteiger partial charge in [-0.15, -0.1) is 0 Å². The van der Waals surface area contributed by atoms with Gasteiger partial charge in [-0.1, -0.05) is 36.3 Å². The second-order valence-electron chi connectivity index (χ2n) is 7.58. The Kier molecular flexibility index (Phi) is 6.90. The van der Waals surface area contributed by atoms with Gasteiger partial charge < -0.3 is 15.0 Å². The van der Waals surface area contributed by atoms with Gasteiger partial charge in [-0.2, -0.15) is 5.10 Å². The number of carbonyl (C=O) groups is 2. The Morgan fingerprint density at radius 1 is 1.00 bits per heavy atom. The lowest BCUT2D eigenvalue weighted by molar-refractivity contribution is -0.126. The van der Waals surface area contributed by atoms with Crippen molar-refractivity contribution in [2.24, 2.45) is 0 Å². The topological polar surface area (TPSA) is 88.5 Å². The van der Waals surface area contributed by atoms with Crippen molar-refractivity contribution in [2.45, 2.75) is 18.9 Å². The number of methoxy groups -OCH3 is 1. The molecular formula is C25H25N5O3. The summed E-state index contributed by atoms with van der Waals surface area (Å²) in [5, 5.41) is 10.0. The molecular weight excluding hydrogens is 418 g/mol. The third kappa shape index (κ3) is 5.52. The highest BCUT2D eigenvalue weighted by Crippen LogP contribution is 2.26. The largest absolute Gasteiger partial charge is 0.495 e. The van der Waals surface area contributed by atoms with Crippen LogP contribution >= 0.6 is 0 Å². The molecule has 0 radical (unpaired) electrons. The molecule has 0 atom stereocenters. The highest BCUT2D eigenvalue weighted by Gasteiger charge is 2.25. The lowest BCUT2D eigenvalue weighted by Crippen LogP contribution is -2.39. The number of anilines is 2. The Labute approximate surface area is 192 Å². The summed E-state index contributed by atoms with van der Waals surface area (Å²) in [5.41, 5.74) is 1.39. The Balaban J connectivity index is 1.34. The molecule has 0 saturated carbocycles. The van der Waals surface area contributed by atoms with Gasteiger partial charge in [-0.3, -0.25) is 10.1 Å². The molecule has 0 unspecified atom stereocenters. The first kappa shape index (κ1) is 22.0. The number of hydrogen-bond donors (Lipinski definition) is 2. The van der Waals surface area contributed by atoms with Crippen molar-refractivity contribution in [2.75, 3.05) is 30.8 Å². The fraction of sp³-hybridized carbons (Fsp3) is 0.240. The number of rotatable bonds is 4. The van der Waals surface area contributed by atoms with Crippen LogP contribution in [0.15, 0.2) is 66.9 Å². The maximum absolute atomic E-state index is 12.5. The number of likely N-dealkylation sites (tertiary alicyclic amines) is 1. The van der Waals surface area contributed by atoms with E-state index in [1.54, 1.807) is 41.1 Å². The summed E-state index contributed by atoms with van der Waals surface area (Å²) in [6.45, 7) is 1.17. The van der Waals surface area contributed by atoms with E-state index in [2.05, 4.69) is 27.6 Å². The Hall–Kier alpha value is -4.25. The minimum atomic E-state index is -0.384. The van der Waals surface area contributed by atoms with Gasteiger partial charge in [0.1, 0.15) is 11.6 Å². The summed E-state index contributed by atoms with van der Waals surface area (Å²) in [6.07, 6.45) is 3.11. The van der Waals surface area contributed by atoms with E-state index in [9.17, 15) is 9.59 Å². The first-order chi connectivity index (χ1) is 16.1. The van der Waals surface area contributed by atoms with E-state index in [-0.39, 0.29) is 18.0 Å². The van der Waals surface area contributed by atoms with Crippen LogP contribution in [-0.2, 0) is 4.79 Å². The molecule has 0 aliphatic carbocycles.